The molecule has 7 heteroatoms. The van der Waals surface area contributed by atoms with E-state index in [-0.39, 0.29) is 11.9 Å². The highest BCUT2D eigenvalue weighted by Crippen LogP contribution is 2.25. The van der Waals surface area contributed by atoms with Crippen molar-refractivity contribution >= 4 is 28.8 Å². The van der Waals surface area contributed by atoms with Gasteiger partial charge < -0.3 is 9.73 Å². The maximum Gasteiger partial charge on any atom is 0.296 e. The Labute approximate surface area is 132 Å². The molecule has 1 N–H and O–H groups in total. The van der Waals surface area contributed by atoms with E-state index in [1.54, 1.807) is 9.58 Å². The smallest absolute Gasteiger partial charge is 0.296 e. The first-order valence-electron chi connectivity index (χ1n) is 7.56. The predicted octanol–water partition coefficient (Wildman–Crippen LogP) is 2.09. The van der Waals surface area contributed by atoms with Crippen LogP contribution in [-0.2, 0) is 11.8 Å². The Morgan fingerprint density at radius 2 is 2.17 bits per heavy atom. The number of carbonyl (C=O) groups is 1. The molecule has 1 atom stereocenters. The summed E-state index contributed by atoms with van der Waals surface area (Å²) >= 11 is 0. The third-order valence-electron chi connectivity index (χ3n) is 4.05. The molecule has 1 saturated heterocycles. The van der Waals surface area contributed by atoms with E-state index >= 15 is 0 Å². The van der Waals surface area contributed by atoms with E-state index in [9.17, 15) is 4.79 Å². The van der Waals surface area contributed by atoms with Crippen LogP contribution in [0.15, 0.2) is 34.7 Å². The highest BCUT2D eigenvalue weighted by molar-refractivity contribution is 6.00. The van der Waals surface area contributed by atoms with Crippen molar-refractivity contribution in [2.24, 2.45) is 7.05 Å². The number of oxazole rings is 1. The van der Waals surface area contributed by atoms with Gasteiger partial charge in [0.05, 0.1) is 5.69 Å². The summed E-state index contributed by atoms with van der Waals surface area (Å²) in [4.78, 5) is 18.8. The Hall–Kier alpha value is -2.83. The van der Waals surface area contributed by atoms with E-state index < -0.39 is 0 Å². The monoisotopic (exact) mass is 311 g/mol. The van der Waals surface area contributed by atoms with Crippen LogP contribution in [-0.4, -0.2) is 33.3 Å². The number of aryl methyl sites for hydroxylation is 2. The van der Waals surface area contributed by atoms with Gasteiger partial charge in [-0.25, -0.2) is 0 Å². The summed E-state index contributed by atoms with van der Waals surface area (Å²) in [5, 5.41) is 7.41. The highest BCUT2D eigenvalue weighted by atomic mass is 16.4. The number of rotatable bonds is 3. The van der Waals surface area contributed by atoms with Gasteiger partial charge in [-0.05, 0) is 25.5 Å². The average Bonchev–Trinajstić information content (AvgIpc) is 3.18. The summed E-state index contributed by atoms with van der Waals surface area (Å²) in [6.45, 7) is 2.56. The number of carbonyl (C=O) groups excluding carboxylic acids is 1. The number of nitrogens with zero attached hydrogens (tertiary/aromatic N) is 4. The normalized spacial score (nSPS) is 18.1. The lowest BCUT2D eigenvalue weighted by molar-refractivity contribution is -0.117. The lowest BCUT2D eigenvalue weighted by Gasteiger charge is -2.16. The van der Waals surface area contributed by atoms with Crippen molar-refractivity contribution in [3.63, 3.8) is 0 Å². The molecule has 3 aromatic rings. The summed E-state index contributed by atoms with van der Waals surface area (Å²) in [7, 11) is 1.84. The molecule has 1 fully saturated rings. The summed E-state index contributed by atoms with van der Waals surface area (Å²) in [5.74, 6) is 0.824. The van der Waals surface area contributed by atoms with E-state index in [0.29, 0.717) is 24.6 Å². The van der Waals surface area contributed by atoms with Gasteiger partial charge in [-0.1, -0.05) is 12.1 Å². The molecule has 0 radical (unpaired) electrons. The van der Waals surface area contributed by atoms with Crippen molar-refractivity contribution in [2.75, 3.05) is 16.8 Å². The minimum atomic E-state index is -0.335. The molecule has 118 valence electrons. The zero-order valence-corrected chi connectivity index (χ0v) is 13.0. The van der Waals surface area contributed by atoms with Crippen LogP contribution >= 0.6 is 0 Å². The molecule has 2 aromatic heterocycles. The van der Waals surface area contributed by atoms with Crippen LogP contribution in [0.5, 0.6) is 0 Å². The number of fused-ring (bicyclic) bond motifs is 1. The predicted molar refractivity (Wildman–Crippen MR) is 86.3 cm³/mol. The van der Waals surface area contributed by atoms with E-state index in [0.717, 1.165) is 17.0 Å². The van der Waals surface area contributed by atoms with Crippen LogP contribution in [0.3, 0.4) is 0 Å². The van der Waals surface area contributed by atoms with Crippen molar-refractivity contribution < 1.29 is 9.21 Å². The molecule has 0 aliphatic carbocycles. The number of hydrogen-bond donors (Lipinski definition) is 1. The van der Waals surface area contributed by atoms with Gasteiger partial charge in [-0.3, -0.25) is 14.4 Å². The first kappa shape index (κ1) is 13.8. The first-order chi connectivity index (χ1) is 11.1. The minimum absolute atomic E-state index is 0.00950. The molecule has 0 spiro atoms. The van der Waals surface area contributed by atoms with Crippen molar-refractivity contribution in [2.45, 2.75) is 19.4 Å². The van der Waals surface area contributed by atoms with Crippen molar-refractivity contribution in [1.29, 1.82) is 0 Å². The lowest BCUT2D eigenvalue weighted by Crippen LogP contribution is -2.34. The molecule has 3 heterocycles. The number of aromatic nitrogens is 3. The van der Waals surface area contributed by atoms with Gasteiger partial charge in [0.2, 0.25) is 0 Å². The molecule has 4 rings (SSSR count). The topological polar surface area (TPSA) is 76.2 Å². The molecular weight excluding hydrogens is 294 g/mol. The molecule has 23 heavy (non-hydrogen) atoms. The second kappa shape index (κ2) is 5.12. The van der Waals surface area contributed by atoms with Gasteiger partial charge in [0.1, 0.15) is 17.4 Å². The number of nitrogens with one attached hydrogen (secondary N) is 1. The van der Waals surface area contributed by atoms with Crippen LogP contribution in [0.4, 0.5) is 11.8 Å². The Balaban J connectivity index is 1.54. The van der Waals surface area contributed by atoms with Crippen molar-refractivity contribution in [3.05, 3.63) is 36.0 Å². The Morgan fingerprint density at radius 1 is 1.35 bits per heavy atom. The van der Waals surface area contributed by atoms with Crippen LogP contribution < -0.4 is 10.2 Å². The first-order valence-corrected chi connectivity index (χ1v) is 7.56. The SMILES string of the molecule is Cc1cc(N2CCC(Nc3nc4ccccc4o3)C2=O)n(C)n1. The minimum Gasteiger partial charge on any atom is -0.424 e. The number of amides is 1. The fourth-order valence-electron chi connectivity index (χ4n) is 2.97. The van der Waals surface area contributed by atoms with Gasteiger partial charge >= 0.3 is 0 Å². The van der Waals surface area contributed by atoms with Crippen LogP contribution in [0, 0.1) is 6.92 Å². The zero-order chi connectivity index (χ0) is 16.0. The number of para-hydroxylation sites is 2. The van der Waals surface area contributed by atoms with Crippen molar-refractivity contribution in [1.82, 2.24) is 14.8 Å². The maximum atomic E-state index is 12.6. The second-order valence-corrected chi connectivity index (χ2v) is 5.73. The number of anilines is 2. The van der Waals surface area contributed by atoms with E-state index in [1.807, 2.05) is 44.3 Å². The van der Waals surface area contributed by atoms with Crippen LogP contribution in [0.25, 0.3) is 11.1 Å². The molecular formula is C16H17N5O2. The number of hydrogen-bond acceptors (Lipinski definition) is 5. The maximum absolute atomic E-state index is 12.6. The van der Waals surface area contributed by atoms with Gasteiger partial charge in [-0.2, -0.15) is 10.1 Å². The Kier molecular flexibility index (Phi) is 3.07. The second-order valence-electron chi connectivity index (χ2n) is 5.73. The third-order valence-corrected chi connectivity index (χ3v) is 4.05. The van der Waals surface area contributed by atoms with E-state index in [2.05, 4.69) is 15.4 Å². The molecule has 0 bridgehead atoms. The third kappa shape index (κ3) is 2.34. The molecule has 1 aliphatic rings. The highest BCUT2D eigenvalue weighted by Gasteiger charge is 2.34. The quantitative estimate of drug-likeness (QED) is 0.801. The van der Waals surface area contributed by atoms with Gasteiger partial charge in [0, 0.05) is 19.7 Å². The largest absolute Gasteiger partial charge is 0.424 e. The summed E-state index contributed by atoms with van der Waals surface area (Å²) in [5.41, 5.74) is 2.38. The average molecular weight is 311 g/mol. The molecule has 1 amide bonds. The van der Waals surface area contributed by atoms with Crippen LogP contribution in [0.2, 0.25) is 0 Å². The van der Waals surface area contributed by atoms with Crippen molar-refractivity contribution in [3.8, 4) is 0 Å². The Morgan fingerprint density at radius 3 is 2.91 bits per heavy atom. The Bertz CT molecular complexity index is 849. The standard InChI is InChI=1S/C16H17N5O2/c1-10-9-14(20(2)19-10)21-8-7-12(15(21)22)18-16-17-11-5-3-4-6-13(11)23-16/h3-6,9,12H,7-8H2,1-2H3,(H,17,18). The van der Waals surface area contributed by atoms with Gasteiger partial charge in [0.15, 0.2) is 5.58 Å². The molecule has 1 aromatic carbocycles. The molecule has 1 aliphatic heterocycles. The molecule has 1 unspecified atom stereocenters. The summed E-state index contributed by atoms with van der Waals surface area (Å²) < 4.78 is 7.37. The molecule has 0 saturated carbocycles. The number of benzene rings is 1. The summed E-state index contributed by atoms with van der Waals surface area (Å²) in [6.07, 6.45) is 0.696. The molecule has 7 nitrogen and oxygen atoms in total. The van der Waals surface area contributed by atoms with Gasteiger partial charge in [0.25, 0.3) is 11.9 Å². The van der Waals surface area contributed by atoms with E-state index in [1.165, 1.54) is 0 Å². The summed E-state index contributed by atoms with van der Waals surface area (Å²) in [6, 6.07) is 9.50. The lowest BCUT2D eigenvalue weighted by atomic mass is 10.2. The zero-order valence-electron chi connectivity index (χ0n) is 13.0. The van der Waals surface area contributed by atoms with Gasteiger partial charge in [-0.15, -0.1) is 0 Å². The fraction of sp³-hybridized carbons (Fsp3) is 0.312. The van der Waals surface area contributed by atoms with Crippen LogP contribution in [0.1, 0.15) is 12.1 Å². The van der Waals surface area contributed by atoms with E-state index in [4.69, 9.17) is 4.42 Å². The fourth-order valence-corrected chi connectivity index (χ4v) is 2.97.